The maximum atomic E-state index is 13.9. The van der Waals surface area contributed by atoms with Crippen LogP contribution in [0, 0.1) is 11.3 Å². The Morgan fingerprint density at radius 2 is 2.11 bits per heavy atom. The first-order chi connectivity index (χ1) is 8.04. The summed E-state index contributed by atoms with van der Waals surface area (Å²) in [5.41, 5.74) is -0.941. The molecule has 0 aromatic carbocycles. The van der Waals surface area contributed by atoms with Crippen molar-refractivity contribution in [1.82, 2.24) is 5.32 Å². The average molecular weight is 284 g/mol. The first-order valence-corrected chi connectivity index (χ1v) is 6.29. The topological polar surface area (TPSA) is 38.3 Å². The van der Waals surface area contributed by atoms with Crippen molar-refractivity contribution in [2.24, 2.45) is 11.3 Å². The SMILES string of the molecule is CCOC(=O)CC1C(F)(F)C12CCCNCC2.Cl. The molecule has 1 saturated carbocycles. The number of ether oxygens (including phenoxy) is 1. The van der Waals surface area contributed by atoms with Gasteiger partial charge in [0.05, 0.1) is 13.0 Å². The van der Waals surface area contributed by atoms with E-state index >= 15 is 0 Å². The highest BCUT2D eigenvalue weighted by atomic mass is 35.5. The smallest absolute Gasteiger partial charge is 0.306 e. The molecule has 106 valence electrons. The third-order valence-electron chi connectivity index (χ3n) is 4.09. The number of rotatable bonds is 3. The predicted molar refractivity (Wildman–Crippen MR) is 66.1 cm³/mol. The molecule has 2 fully saturated rings. The zero-order valence-corrected chi connectivity index (χ0v) is 11.3. The summed E-state index contributed by atoms with van der Waals surface area (Å²) < 4.78 is 32.5. The van der Waals surface area contributed by atoms with Crippen molar-refractivity contribution in [3.05, 3.63) is 0 Å². The molecule has 2 unspecified atom stereocenters. The Labute approximate surface area is 112 Å². The highest BCUT2D eigenvalue weighted by Gasteiger charge is 2.79. The Kier molecular flexibility index (Phi) is 4.95. The number of carbonyl (C=O) groups excluding carboxylic acids is 1. The molecule has 1 saturated heterocycles. The summed E-state index contributed by atoms with van der Waals surface area (Å²) >= 11 is 0. The summed E-state index contributed by atoms with van der Waals surface area (Å²) in [6.45, 7) is 3.36. The van der Waals surface area contributed by atoms with Gasteiger partial charge in [0.1, 0.15) is 0 Å². The van der Waals surface area contributed by atoms with Crippen LogP contribution in [0.25, 0.3) is 0 Å². The average Bonchev–Trinajstić information content (AvgIpc) is 2.83. The minimum Gasteiger partial charge on any atom is -0.466 e. The highest BCUT2D eigenvalue weighted by molar-refractivity contribution is 5.85. The van der Waals surface area contributed by atoms with Crippen molar-refractivity contribution in [3.63, 3.8) is 0 Å². The van der Waals surface area contributed by atoms with Gasteiger partial charge >= 0.3 is 5.97 Å². The molecule has 2 atom stereocenters. The minimum atomic E-state index is -2.69. The van der Waals surface area contributed by atoms with Crippen LogP contribution < -0.4 is 5.32 Å². The molecule has 3 nitrogen and oxygen atoms in total. The van der Waals surface area contributed by atoms with Crippen molar-refractivity contribution < 1.29 is 18.3 Å². The van der Waals surface area contributed by atoms with E-state index in [2.05, 4.69) is 5.32 Å². The Bertz CT molecular complexity index is 304. The van der Waals surface area contributed by atoms with Gasteiger partial charge in [-0.15, -0.1) is 12.4 Å². The van der Waals surface area contributed by atoms with E-state index in [-0.39, 0.29) is 25.4 Å². The molecule has 1 aliphatic carbocycles. The molecule has 0 aromatic rings. The lowest BCUT2D eigenvalue weighted by atomic mass is 9.93. The second-order valence-electron chi connectivity index (χ2n) is 4.94. The number of alkyl halides is 2. The van der Waals surface area contributed by atoms with Crippen LogP contribution in [-0.2, 0) is 9.53 Å². The van der Waals surface area contributed by atoms with Gasteiger partial charge in [0, 0.05) is 11.3 Å². The summed E-state index contributed by atoms with van der Waals surface area (Å²) in [5, 5.41) is 3.13. The fourth-order valence-corrected chi connectivity index (χ4v) is 3.07. The second kappa shape index (κ2) is 5.70. The lowest BCUT2D eigenvalue weighted by Crippen LogP contribution is -2.16. The fraction of sp³-hybridized carbons (Fsp3) is 0.917. The van der Waals surface area contributed by atoms with Crippen molar-refractivity contribution >= 4 is 18.4 Å². The molecule has 1 spiro atoms. The van der Waals surface area contributed by atoms with E-state index in [1.807, 2.05) is 0 Å². The lowest BCUT2D eigenvalue weighted by molar-refractivity contribution is -0.144. The number of nitrogens with one attached hydrogen (secondary N) is 1. The van der Waals surface area contributed by atoms with Crippen molar-refractivity contribution in [1.29, 1.82) is 0 Å². The Morgan fingerprint density at radius 3 is 2.78 bits per heavy atom. The van der Waals surface area contributed by atoms with Crippen molar-refractivity contribution in [2.75, 3.05) is 19.7 Å². The largest absolute Gasteiger partial charge is 0.466 e. The number of hydrogen-bond donors (Lipinski definition) is 1. The molecular weight excluding hydrogens is 264 g/mol. The second-order valence-corrected chi connectivity index (χ2v) is 4.94. The molecule has 1 N–H and O–H groups in total. The van der Waals surface area contributed by atoms with E-state index in [0.717, 1.165) is 13.0 Å². The van der Waals surface area contributed by atoms with E-state index in [0.29, 0.717) is 19.4 Å². The van der Waals surface area contributed by atoms with Gasteiger partial charge in [-0.2, -0.15) is 0 Å². The highest BCUT2D eigenvalue weighted by Crippen LogP contribution is 2.71. The Hall–Kier alpha value is -0.420. The maximum Gasteiger partial charge on any atom is 0.306 e. The molecule has 1 aliphatic heterocycles. The lowest BCUT2D eigenvalue weighted by Gasteiger charge is -2.12. The molecule has 2 aliphatic rings. The number of carbonyl (C=O) groups is 1. The van der Waals surface area contributed by atoms with Gasteiger partial charge in [0.15, 0.2) is 0 Å². The molecular formula is C12H20ClF2NO2. The quantitative estimate of drug-likeness (QED) is 0.808. The molecule has 18 heavy (non-hydrogen) atoms. The first kappa shape index (κ1) is 15.6. The van der Waals surface area contributed by atoms with E-state index < -0.39 is 23.2 Å². The van der Waals surface area contributed by atoms with Gasteiger partial charge in [-0.05, 0) is 39.3 Å². The zero-order valence-electron chi connectivity index (χ0n) is 10.5. The van der Waals surface area contributed by atoms with Gasteiger partial charge in [0.2, 0.25) is 0 Å². The van der Waals surface area contributed by atoms with Gasteiger partial charge in [0.25, 0.3) is 5.92 Å². The molecule has 0 bridgehead atoms. The van der Waals surface area contributed by atoms with E-state index in [4.69, 9.17) is 4.74 Å². The molecule has 0 amide bonds. The summed E-state index contributed by atoms with van der Waals surface area (Å²) in [7, 11) is 0. The van der Waals surface area contributed by atoms with Crippen LogP contribution in [0.2, 0.25) is 0 Å². The van der Waals surface area contributed by atoms with Crippen LogP contribution in [0.15, 0.2) is 0 Å². The molecule has 2 rings (SSSR count). The molecule has 6 heteroatoms. The molecule has 0 radical (unpaired) electrons. The van der Waals surface area contributed by atoms with E-state index in [9.17, 15) is 13.6 Å². The summed E-state index contributed by atoms with van der Waals surface area (Å²) in [5.74, 6) is -3.99. The van der Waals surface area contributed by atoms with E-state index in [1.54, 1.807) is 6.92 Å². The van der Waals surface area contributed by atoms with Crippen LogP contribution in [0.4, 0.5) is 8.78 Å². The zero-order chi connectivity index (χ0) is 12.5. The third kappa shape index (κ3) is 2.48. The van der Waals surface area contributed by atoms with Gasteiger partial charge in [-0.3, -0.25) is 4.79 Å². The normalized spacial score (nSPS) is 33.4. The number of esters is 1. The standard InChI is InChI=1S/C12H19F2NO2.ClH/c1-2-17-10(16)8-9-11(12(9,13)14)4-3-6-15-7-5-11;/h9,15H,2-8H2,1H3;1H. The summed E-state index contributed by atoms with van der Waals surface area (Å²) in [6, 6.07) is 0. The third-order valence-corrected chi connectivity index (χ3v) is 4.09. The van der Waals surface area contributed by atoms with Crippen LogP contribution in [-0.4, -0.2) is 31.6 Å². The monoisotopic (exact) mass is 283 g/mol. The minimum absolute atomic E-state index is 0. The number of hydrogen-bond acceptors (Lipinski definition) is 3. The molecule has 1 heterocycles. The summed E-state index contributed by atoms with van der Waals surface area (Å²) in [6.07, 6.45) is 1.59. The maximum absolute atomic E-state index is 13.9. The van der Waals surface area contributed by atoms with Gasteiger partial charge in [-0.25, -0.2) is 8.78 Å². The van der Waals surface area contributed by atoms with Crippen LogP contribution in [0.1, 0.15) is 32.6 Å². The Balaban J connectivity index is 0.00000162. The van der Waals surface area contributed by atoms with Gasteiger partial charge < -0.3 is 10.1 Å². The van der Waals surface area contributed by atoms with Crippen LogP contribution in [0.3, 0.4) is 0 Å². The van der Waals surface area contributed by atoms with Crippen molar-refractivity contribution in [3.8, 4) is 0 Å². The van der Waals surface area contributed by atoms with Crippen LogP contribution in [0.5, 0.6) is 0 Å². The van der Waals surface area contributed by atoms with Crippen LogP contribution >= 0.6 is 12.4 Å². The first-order valence-electron chi connectivity index (χ1n) is 6.29. The fourth-order valence-electron chi connectivity index (χ4n) is 3.07. The van der Waals surface area contributed by atoms with Crippen molar-refractivity contribution in [2.45, 2.75) is 38.5 Å². The predicted octanol–water partition coefficient (Wildman–Crippen LogP) is 2.39. The van der Waals surface area contributed by atoms with E-state index in [1.165, 1.54) is 0 Å². The Morgan fingerprint density at radius 1 is 1.39 bits per heavy atom. The summed E-state index contributed by atoms with van der Waals surface area (Å²) in [4.78, 5) is 11.3. The number of halogens is 3. The van der Waals surface area contributed by atoms with Gasteiger partial charge in [-0.1, -0.05) is 0 Å². The molecule has 0 aromatic heterocycles.